The van der Waals surface area contributed by atoms with Crippen molar-refractivity contribution in [1.29, 1.82) is 5.41 Å². The summed E-state index contributed by atoms with van der Waals surface area (Å²) in [5.41, 5.74) is 6.04. The molecule has 0 saturated carbocycles. The smallest absolute Gasteiger partial charge is 0.285 e. The van der Waals surface area contributed by atoms with Gasteiger partial charge in [0.05, 0.1) is 9.73 Å². The van der Waals surface area contributed by atoms with Gasteiger partial charge in [0.1, 0.15) is 11.7 Å². The van der Waals surface area contributed by atoms with E-state index in [-0.39, 0.29) is 16.3 Å². The van der Waals surface area contributed by atoms with Gasteiger partial charge in [0, 0.05) is 22.3 Å². The Morgan fingerprint density at radius 3 is 2.09 bits per heavy atom. The minimum Gasteiger partial charge on any atom is -0.384 e. The van der Waals surface area contributed by atoms with E-state index in [0.29, 0.717) is 5.56 Å². The number of rotatable bonds is 3. The first kappa shape index (κ1) is 15.8. The number of hydrogen-bond acceptors (Lipinski definition) is 3. The normalized spacial score (nSPS) is 13.2. The van der Waals surface area contributed by atoms with Gasteiger partial charge in [-0.15, -0.1) is 0 Å². The fourth-order valence-electron chi connectivity index (χ4n) is 1.74. The number of nitrogens with one attached hydrogen (secondary N) is 1. The van der Waals surface area contributed by atoms with Crippen LogP contribution in [-0.2, 0) is 9.73 Å². The van der Waals surface area contributed by atoms with Gasteiger partial charge in [-0.1, -0.05) is 12.1 Å². The molecule has 114 valence electrons. The van der Waals surface area contributed by atoms with Crippen molar-refractivity contribution in [3.05, 3.63) is 65.5 Å². The molecule has 0 radical (unpaired) electrons. The van der Waals surface area contributed by atoms with Gasteiger partial charge >= 0.3 is 0 Å². The minimum absolute atomic E-state index is 0.110. The molecule has 0 saturated heterocycles. The molecule has 5 nitrogen and oxygen atoms in total. The van der Waals surface area contributed by atoms with Crippen LogP contribution in [0.2, 0.25) is 0 Å². The third-order valence-electron chi connectivity index (χ3n) is 2.95. The van der Waals surface area contributed by atoms with E-state index in [1.807, 2.05) is 0 Å². The quantitative estimate of drug-likeness (QED) is 0.671. The highest BCUT2D eigenvalue weighted by Gasteiger charge is 2.11. The molecule has 1 atom stereocenters. The summed E-state index contributed by atoms with van der Waals surface area (Å²) in [6.45, 7) is 0. The average Bonchev–Trinajstić information content (AvgIpc) is 2.47. The van der Waals surface area contributed by atoms with Crippen LogP contribution in [0.4, 0.5) is 4.39 Å². The predicted octanol–water partition coefficient (Wildman–Crippen LogP) is 2.41. The summed E-state index contributed by atoms with van der Waals surface area (Å²) in [7, 11) is -2.96. The molecule has 1 amide bonds. The van der Waals surface area contributed by atoms with E-state index in [1.54, 1.807) is 0 Å². The number of amidine groups is 1. The Kier molecular flexibility index (Phi) is 4.37. The Morgan fingerprint density at radius 1 is 1.09 bits per heavy atom. The first-order chi connectivity index (χ1) is 10.3. The van der Waals surface area contributed by atoms with E-state index in [1.165, 1.54) is 54.8 Å². The number of carbonyl (C=O) groups excluding carboxylic acids is 1. The van der Waals surface area contributed by atoms with Crippen molar-refractivity contribution in [3.8, 4) is 0 Å². The minimum atomic E-state index is -2.96. The SMILES string of the molecule is CS(=O)(=NC(=O)c1ccc(C(=N)N)cc1)c1ccc(F)cc1. The number of nitrogens with zero attached hydrogens (tertiary/aromatic N) is 1. The van der Waals surface area contributed by atoms with Crippen molar-refractivity contribution in [1.82, 2.24) is 0 Å². The van der Waals surface area contributed by atoms with Crippen LogP contribution >= 0.6 is 0 Å². The number of halogens is 1. The standard InChI is InChI=1S/C15H14FN3O2S/c1-22(21,13-8-6-12(16)7-9-13)19-15(20)11-4-2-10(3-5-11)14(17)18/h2-9H,1H3,(H3,17,18). The first-order valence-corrected chi connectivity index (χ1v) is 8.18. The summed E-state index contributed by atoms with van der Waals surface area (Å²) >= 11 is 0. The second kappa shape index (κ2) is 6.07. The summed E-state index contributed by atoms with van der Waals surface area (Å²) in [6.07, 6.45) is 1.32. The zero-order valence-electron chi connectivity index (χ0n) is 11.7. The Morgan fingerprint density at radius 2 is 1.59 bits per heavy atom. The summed E-state index contributed by atoms with van der Waals surface area (Å²) in [6, 6.07) is 11.0. The molecule has 3 N–H and O–H groups in total. The van der Waals surface area contributed by atoms with Crippen molar-refractivity contribution in [2.75, 3.05) is 6.26 Å². The Labute approximate surface area is 127 Å². The number of nitrogens with two attached hydrogens (primary N) is 1. The Hall–Kier alpha value is -2.54. The van der Waals surface area contributed by atoms with E-state index in [9.17, 15) is 13.4 Å². The lowest BCUT2D eigenvalue weighted by Crippen LogP contribution is -2.11. The predicted molar refractivity (Wildman–Crippen MR) is 82.9 cm³/mol. The largest absolute Gasteiger partial charge is 0.384 e. The monoisotopic (exact) mass is 319 g/mol. The van der Waals surface area contributed by atoms with Crippen LogP contribution < -0.4 is 5.73 Å². The van der Waals surface area contributed by atoms with E-state index in [2.05, 4.69) is 4.36 Å². The molecule has 1 unspecified atom stereocenters. The number of carbonyl (C=O) groups is 1. The maximum Gasteiger partial charge on any atom is 0.285 e. The number of hydrogen-bond donors (Lipinski definition) is 2. The number of benzene rings is 2. The third kappa shape index (κ3) is 3.56. The van der Waals surface area contributed by atoms with Gasteiger partial charge in [0.2, 0.25) is 0 Å². The molecule has 0 heterocycles. The van der Waals surface area contributed by atoms with E-state index >= 15 is 0 Å². The highest BCUT2D eigenvalue weighted by atomic mass is 32.2. The molecule has 0 aromatic heterocycles. The van der Waals surface area contributed by atoms with Gasteiger partial charge in [0.15, 0.2) is 0 Å². The van der Waals surface area contributed by atoms with Gasteiger partial charge in [0.25, 0.3) is 5.91 Å². The van der Waals surface area contributed by atoms with E-state index in [4.69, 9.17) is 11.1 Å². The van der Waals surface area contributed by atoms with Crippen LogP contribution in [0.3, 0.4) is 0 Å². The molecule has 22 heavy (non-hydrogen) atoms. The van der Waals surface area contributed by atoms with Crippen molar-refractivity contribution >= 4 is 21.5 Å². The zero-order chi connectivity index (χ0) is 16.3. The zero-order valence-corrected chi connectivity index (χ0v) is 12.6. The molecule has 0 fully saturated rings. The fraction of sp³-hybridized carbons (Fsp3) is 0.0667. The Bertz CT molecular complexity index is 836. The molecule has 0 aliphatic rings. The van der Waals surface area contributed by atoms with Crippen LogP contribution in [0.5, 0.6) is 0 Å². The second-order valence-corrected chi connectivity index (χ2v) is 6.90. The molecule has 0 spiro atoms. The molecule has 0 aliphatic heterocycles. The first-order valence-electron chi connectivity index (χ1n) is 6.26. The maximum absolute atomic E-state index is 12.9. The topological polar surface area (TPSA) is 96.4 Å². The van der Waals surface area contributed by atoms with Gasteiger partial charge < -0.3 is 5.73 Å². The molecule has 0 aliphatic carbocycles. The molecule has 0 bridgehead atoms. The van der Waals surface area contributed by atoms with Crippen LogP contribution in [0.1, 0.15) is 15.9 Å². The van der Waals surface area contributed by atoms with Crippen molar-refractivity contribution in [3.63, 3.8) is 0 Å². The maximum atomic E-state index is 12.9. The van der Waals surface area contributed by atoms with Gasteiger partial charge in [-0.05, 0) is 36.4 Å². The highest BCUT2D eigenvalue weighted by molar-refractivity contribution is 7.93. The third-order valence-corrected chi connectivity index (χ3v) is 4.61. The van der Waals surface area contributed by atoms with Crippen molar-refractivity contribution < 1.29 is 13.4 Å². The lowest BCUT2D eigenvalue weighted by atomic mass is 10.1. The van der Waals surface area contributed by atoms with Crippen LogP contribution in [0, 0.1) is 11.2 Å². The van der Waals surface area contributed by atoms with Crippen LogP contribution in [0.25, 0.3) is 0 Å². The van der Waals surface area contributed by atoms with E-state index in [0.717, 1.165) is 0 Å². The molecule has 2 rings (SSSR count). The van der Waals surface area contributed by atoms with E-state index < -0.39 is 21.5 Å². The van der Waals surface area contributed by atoms with Gasteiger partial charge in [-0.25, -0.2) is 8.60 Å². The highest BCUT2D eigenvalue weighted by Crippen LogP contribution is 2.14. The van der Waals surface area contributed by atoms with Crippen molar-refractivity contribution in [2.45, 2.75) is 4.90 Å². The summed E-state index contributed by atoms with van der Waals surface area (Å²) < 4.78 is 29.1. The molecular formula is C15H14FN3O2S. The molecule has 7 heteroatoms. The van der Waals surface area contributed by atoms with Gasteiger partial charge in [-0.3, -0.25) is 10.2 Å². The number of nitrogen functional groups attached to an aromatic ring is 1. The molecule has 2 aromatic rings. The molecular weight excluding hydrogens is 305 g/mol. The van der Waals surface area contributed by atoms with Gasteiger partial charge in [-0.2, -0.15) is 4.36 Å². The fourth-order valence-corrected chi connectivity index (χ4v) is 2.91. The van der Waals surface area contributed by atoms with Crippen LogP contribution in [-0.4, -0.2) is 22.2 Å². The van der Waals surface area contributed by atoms with Crippen molar-refractivity contribution in [2.24, 2.45) is 10.1 Å². The summed E-state index contributed by atoms with van der Waals surface area (Å²) in [5.74, 6) is -1.21. The Balaban J connectivity index is 2.34. The number of amides is 1. The second-order valence-electron chi connectivity index (χ2n) is 4.64. The summed E-state index contributed by atoms with van der Waals surface area (Å²) in [5, 5.41) is 7.28. The molecule has 2 aromatic carbocycles. The lowest BCUT2D eigenvalue weighted by Gasteiger charge is -2.04. The summed E-state index contributed by atoms with van der Waals surface area (Å²) in [4.78, 5) is 12.4. The lowest BCUT2D eigenvalue weighted by molar-refractivity contribution is 0.100. The van der Waals surface area contributed by atoms with Crippen LogP contribution in [0.15, 0.2) is 57.8 Å². The average molecular weight is 319 g/mol.